The molecule has 0 spiro atoms. The molecule has 1 saturated heterocycles. The van der Waals surface area contributed by atoms with E-state index in [1.807, 2.05) is 0 Å². The van der Waals surface area contributed by atoms with Gasteiger partial charge in [0.05, 0.1) is 5.56 Å². The van der Waals surface area contributed by atoms with E-state index in [9.17, 15) is 14.0 Å². The molecule has 0 aliphatic carbocycles. The minimum Gasteiger partial charge on any atom is -0.478 e. The molecule has 0 aromatic heterocycles. The molecule has 1 aromatic rings. The molecule has 1 aromatic carbocycles. The summed E-state index contributed by atoms with van der Waals surface area (Å²) in [5, 5.41) is 8.69. The number of halogens is 2. The molecule has 90 valence electrons. The minimum atomic E-state index is -1.32. The van der Waals surface area contributed by atoms with Crippen molar-refractivity contribution in [1.29, 1.82) is 0 Å². The van der Waals surface area contributed by atoms with E-state index in [4.69, 9.17) is 5.11 Å². The average Bonchev–Trinajstić information content (AvgIpc) is 2.57. The SMILES string of the molecule is O=C(O)c1ccc(N2CC(Br)CC2=O)cc1F. The summed E-state index contributed by atoms with van der Waals surface area (Å²) in [7, 11) is 0. The van der Waals surface area contributed by atoms with Gasteiger partial charge >= 0.3 is 5.97 Å². The van der Waals surface area contributed by atoms with Crippen molar-refractivity contribution in [2.24, 2.45) is 0 Å². The van der Waals surface area contributed by atoms with Crippen molar-refractivity contribution >= 4 is 33.5 Å². The molecule has 1 aliphatic rings. The Morgan fingerprint density at radius 3 is 2.71 bits per heavy atom. The Morgan fingerprint density at radius 1 is 1.53 bits per heavy atom. The van der Waals surface area contributed by atoms with Gasteiger partial charge in [-0.1, -0.05) is 15.9 Å². The first kappa shape index (κ1) is 12.0. The maximum absolute atomic E-state index is 13.4. The molecule has 1 aliphatic heterocycles. The second kappa shape index (κ2) is 4.44. The molecule has 0 radical (unpaired) electrons. The Balaban J connectivity index is 2.32. The van der Waals surface area contributed by atoms with Crippen LogP contribution in [0.3, 0.4) is 0 Å². The molecule has 0 saturated carbocycles. The van der Waals surface area contributed by atoms with Crippen molar-refractivity contribution < 1.29 is 19.1 Å². The van der Waals surface area contributed by atoms with E-state index in [-0.39, 0.29) is 10.7 Å². The van der Waals surface area contributed by atoms with Crippen LogP contribution in [0.4, 0.5) is 10.1 Å². The fourth-order valence-electron chi connectivity index (χ4n) is 1.76. The van der Waals surface area contributed by atoms with Gasteiger partial charge in [-0.25, -0.2) is 9.18 Å². The van der Waals surface area contributed by atoms with Gasteiger partial charge in [0.2, 0.25) is 5.91 Å². The number of hydrogen-bond donors (Lipinski definition) is 1. The number of amides is 1. The Bertz CT molecular complexity index is 492. The van der Waals surface area contributed by atoms with Crippen LogP contribution in [-0.4, -0.2) is 28.4 Å². The molecule has 1 fully saturated rings. The number of carbonyl (C=O) groups is 2. The molecular formula is C11H9BrFNO3. The lowest BCUT2D eigenvalue weighted by Gasteiger charge is -2.16. The van der Waals surface area contributed by atoms with Crippen molar-refractivity contribution in [1.82, 2.24) is 0 Å². The number of rotatable bonds is 2. The number of carboxylic acid groups (broad SMARTS) is 1. The van der Waals surface area contributed by atoms with Gasteiger partial charge in [0.1, 0.15) is 5.82 Å². The Hall–Kier alpha value is -1.43. The molecule has 17 heavy (non-hydrogen) atoms. The first-order valence-corrected chi connectivity index (χ1v) is 5.88. The fourth-order valence-corrected chi connectivity index (χ4v) is 2.33. The van der Waals surface area contributed by atoms with Gasteiger partial charge in [-0.05, 0) is 18.2 Å². The lowest BCUT2D eigenvalue weighted by atomic mass is 10.2. The van der Waals surface area contributed by atoms with Crippen LogP contribution < -0.4 is 4.90 Å². The number of carboxylic acids is 1. The number of nitrogens with zero attached hydrogens (tertiary/aromatic N) is 1. The molecule has 2 rings (SSSR count). The Labute approximate surface area is 105 Å². The molecule has 1 heterocycles. The number of alkyl halides is 1. The van der Waals surface area contributed by atoms with Crippen molar-refractivity contribution in [2.75, 3.05) is 11.4 Å². The number of hydrogen-bond acceptors (Lipinski definition) is 2. The number of aromatic carboxylic acids is 1. The summed E-state index contributed by atoms with van der Waals surface area (Å²) in [6.45, 7) is 0.463. The third-order valence-electron chi connectivity index (χ3n) is 2.57. The van der Waals surface area contributed by atoms with E-state index in [1.54, 1.807) is 0 Å². The van der Waals surface area contributed by atoms with Crippen LogP contribution in [0.2, 0.25) is 0 Å². The molecule has 1 unspecified atom stereocenters. The monoisotopic (exact) mass is 301 g/mol. The van der Waals surface area contributed by atoms with Gasteiger partial charge in [0.25, 0.3) is 0 Å². The first-order chi connectivity index (χ1) is 7.99. The predicted octanol–water partition coefficient (Wildman–Crippen LogP) is 2.02. The second-order valence-corrected chi connectivity index (χ2v) is 5.07. The zero-order chi connectivity index (χ0) is 12.6. The predicted molar refractivity (Wildman–Crippen MR) is 63.0 cm³/mol. The summed E-state index contributed by atoms with van der Waals surface area (Å²) in [5.41, 5.74) is -0.00441. The van der Waals surface area contributed by atoms with Gasteiger partial charge < -0.3 is 10.0 Å². The van der Waals surface area contributed by atoms with Gasteiger partial charge in [0.15, 0.2) is 0 Å². The quantitative estimate of drug-likeness (QED) is 0.850. The van der Waals surface area contributed by atoms with Crippen LogP contribution in [0.5, 0.6) is 0 Å². The molecule has 1 atom stereocenters. The van der Waals surface area contributed by atoms with Crippen LogP contribution in [0.1, 0.15) is 16.8 Å². The fraction of sp³-hybridized carbons (Fsp3) is 0.273. The number of carbonyl (C=O) groups excluding carboxylic acids is 1. The van der Waals surface area contributed by atoms with Crippen LogP contribution in [-0.2, 0) is 4.79 Å². The van der Waals surface area contributed by atoms with Crippen molar-refractivity contribution in [2.45, 2.75) is 11.2 Å². The molecule has 4 nitrogen and oxygen atoms in total. The van der Waals surface area contributed by atoms with E-state index in [2.05, 4.69) is 15.9 Å². The van der Waals surface area contributed by atoms with Crippen molar-refractivity contribution in [3.63, 3.8) is 0 Å². The number of benzene rings is 1. The molecular weight excluding hydrogens is 293 g/mol. The lowest BCUT2D eigenvalue weighted by molar-refractivity contribution is -0.117. The van der Waals surface area contributed by atoms with E-state index in [0.29, 0.717) is 18.7 Å². The van der Waals surface area contributed by atoms with E-state index >= 15 is 0 Å². The van der Waals surface area contributed by atoms with Crippen molar-refractivity contribution in [3.8, 4) is 0 Å². The highest BCUT2D eigenvalue weighted by Gasteiger charge is 2.29. The van der Waals surface area contributed by atoms with Crippen LogP contribution in [0.25, 0.3) is 0 Å². The number of anilines is 1. The summed E-state index contributed by atoms with van der Waals surface area (Å²) in [5.74, 6) is -2.25. The maximum Gasteiger partial charge on any atom is 0.338 e. The van der Waals surface area contributed by atoms with E-state index < -0.39 is 17.3 Å². The lowest BCUT2D eigenvalue weighted by Crippen LogP contribution is -2.24. The zero-order valence-electron chi connectivity index (χ0n) is 8.69. The normalized spacial score (nSPS) is 19.8. The third kappa shape index (κ3) is 2.31. The van der Waals surface area contributed by atoms with Gasteiger partial charge in [-0.2, -0.15) is 0 Å². The maximum atomic E-state index is 13.4. The molecule has 1 N–H and O–H groups in total. The standard InChI is InChI=1S/C11H9BrFNO3/c12-6-3-10(15)14(5-6)7-1-2-8(11(16)17)9(13)4-7/h1-2,4,6H,3,5H2,(H,16,17). The molecule has 0 bridgehead atoms. The largest absolute Gasteiger partial charge is 0.478 e. The van der Waals surface area contributed by atoms with Crippen LogP contribution in [0, 0.1) is 5.82 Å². The van der Waals surface area contributed by atoms with Gasteiger partial charge in [-0.3, -0.25) is 4.79 Å². The highest BCUT2D eigenvalue weighted by Crippen LogP contribution is 2.26. The van der Waals surface area contributed by atoms with E-state index in [0.717, 1.165) is 6.07 Å². The third-order valence-corrected chi connectivity index (χ3v) is 3.19. The summed E-state index contributed by atoms with van der Waals surface area (Å²) in [4.78, 5) is 23.7. The smallest absolute Gasteiger partial charge is 0.338 e. The summed E-state index contributed by atoms with van der Waals surface area (Å²) < 4.78 is 13.4. The molecule has 6 heteroatoms. The van der Waals surface area contributed by atoms with Crippen LogP contribution >= 0.6 is 15.9 Å². The average molecular weight is 302 g/mol. The minimum absolute atomic E-state index is 0.0530. The topological polar surface area (TPSA) is 57.6 Å². The first-order valence-electron chi connectivity index (χ1n) is 4.96. The zero-order valence-corrected chi connectivity index (χ0v) is 10.3. The molecule has 1 amide bonds. The van der Waals surface area contributed by atoms with Crippen molar-refractivity contribution in [3.05, 3.63) is 29.6 Å². The Morgan fingerprint density at radius 2 is 2.24 bits per heavy atom. The summed E-state index contributed by atoms with van der Waals surface area (Å²) in [6, 6.07) is 3.68. The highest BCUT2D eigenvalue weighted by atomic mass is 79.9. The van der Waals surface area contributed by atoms with Crippen LogP contribution in [0.15, 0.2) is 18.2 Å². The summed E-state index contributed by atoms with van der Waals surface area (Å²) in [6.07, 6.45) is 0.363. The van der Waals surface area contributed by atoms with Gasteiger partial charge in [0, 0.05) is 23.5 Å². The van der Waals surface area contributed by atoms with Gasteiger partial charge in [-0.15, -0.1) is 0 Å². The van der Waals surface area contributed by atoms with E-state index in [1.165, 1.54) is 17.0 Å². The summed E-state index contributed by atoms with van der Waals surface area (Å²) >= 11 is 3.32. The Kier molecular flexibility index (Phi) is 3.15. The second-order valence-electron chi connectivity index (χ2n) is 3.78. The highest BCUT2D eigenvalue weighted by molar-refractivity contribution is 9.09.